The summed E-state index contributed by atoms with van der Waals surface area (Å²) in [6, 6.07) is 85.8. The minimum Gasteiger partial charge on any atom is -0.309 e. The van der Waals surface area contributed by atoms with Crippen LogP contribution in [0.2, 0.25) is 0 Å². The van der Waals surface area contributed by atoms with E-state index in [1.54, 1.807) is 0 Å². The van der Waals surface area contributed by atoms with Crippen LogP contribution in [0.15, 0.2) is 237 Å². The van der Waals surface area contributed by atoms with Crippen LogP contribution >= 0.6 is 0 Å². The van der Waals surface area contributed by atoms with Gasteiger partial charge in [0.2, 0.25) is 0 Å². The summed E-state index contributed by atoms with van der Waals surface area (Å²) in [7, 11) is 0. The quantitative estimate of drug-likeness (QED) is 0.151. The van der Waals surface area contributed by atoms with Gasteiger partial charge in [0.25, 0.3) is 0 Å². The molecule has 57 heavy (non-hydrogen) atoms. The summed E-state index contributed by atoms with van der Waals surface area (Å²) in [4.78, 5) is 2.46. The number of anilines is 3. The number of hydrogen-bond acceptors (Lipinski definition) is 1. The zero-order chi connectivity index (χ0) is 38.0. The second kappa shape index (κ2) is 15.0. The maximum atomic E-state index is 2.46. The zero-order valence-electron chi connectivity index (χ0n) is 31.5. The van der Waals surface area contributed by atoms with Crippen molar-refractivity contribution in [2.24, 2.45) is 0 Å². The van der Waals surface area contributed by atoms with Gasteiger partial charge in [-0.2, -0.15) is 0 Å². The predicted octanol–water partition coefficient (Wildman–Crippen LogP) is 15.8. The lowest BCUT2D eigenvalue weighted by Crippen LogP contribution is -2.12. The molecule has 0 amide bonds. The lowest BCUT2D eigenvalue weighted by molar-refractivity contribution is 1.28. The summed E-state index contributed by atoms with van der Waals surface area (Å²) < 4.78 is 0. The Morgan fingerprint density at radius 2 is 0.614 bits per heavy atom. The molecule has 1 nitrogen and oxygen atoms in total. The van der Waals surface area contributed by atoms with E-state index < -0.39 is 0 Å². The van der Waals surface area contributed by atoms with E-state index in [1.165, 1.54) is 66.1 Å². The first-order valence-electron chi connectivity index (χ1n) is 19.6. The molecule has 0 saturated heterocycles. The monoisotopic (exact) mass is 725 g/mol. The topological polar surface area (TPSA) is 3.24 Å². The molecule has 0 unspecified atom stereocenters. The second-order valence-electron chi connectivity index (χ2n) is 14.6. The van der Waals surface area contributed by atoms with Crippen LogP contribution in [0, 0.1) is 0 Å². The van der Waals surface area contributed by atoms with Crippen LogP contribution in [-0.4, -0.2) is 0 Å². The number of nitrogens with zero attached hydrogens (tertiary/aromatic N) is 1. The van der Waals surface area contributed by atoms with E-state index in [0.717, 1.165) is 28.2 Å². The fourth-order valence-electron chi connectivity index (χ4n) is 8.09. The van der Waals surface area contributed by atoms with Crippen molar-refractivity contribution in [1.29, 1.82) is 0 Å². The average molecular weight is 726 g/mol. The molecule has 0 aliphatic carbocycles. The first-order valence-corrected chi connectivity index (χ1v) is 19.6. The molecule has 10 aromatic rings. The minimum absolute atomic E-state index is 1.08. The smallest absolute Gasteiger partial charge is 0.0546 e. The molecule has 10 rings (SSSR count). The third-order valence-corrected chi connectivity index (χ3v) is 11.1. The summed E-state index contributed by atoms with van der Waals surface area (Å²) in [5, 5.41) is 4.92. The van der Waals surface area contributed by atoms with Crippen LogP contribution in [0.1, 0.15) is 0 Å². The molecule has 10 aromatic carbocycles. The lowest BCUT2D eigenvalue weighted by Gasteiger charge is -2.30. The normalized spacial score (nSPS) is 11.2. The molecular weight excluding hydrogens is 687 g/mol. The highest BCUT2D eigenvalue weighted by Crippen LogP contribution is 2.47. The van der Waals surface area contributed by atoms with Gasteiger partial charge in [0.1, 0.15) is 0 Å². The molecule has 0 aliphatic heterocycles. The van der Waals surface area contributed by atoms with Gasteiger partial charge in [-0.25, -0.2) is 0 Å². The van der Waals surface area contributed by atoms with Crippen molar-refractivity contribution in [3.05, 3.63) is 237 Å². The van der Waals surface area contributed by atoms with Crippen LogP contribution < -0.4 is 4.90 Å². The summed E-state index contributed by atoms with van der Waals surface area (Å²) in [6.07, 6.45) is 0. The summed E-state index contributed by atoms with van der Waals surface area (Å²) in [5.41, 5.74) is 15.1. The van der Waals surface area contributed by atoms with Crippen molar-refractivity contribution in [3.63, 3.8) is 0 Å². The maximum absolute atomic E-state index is 2.46. The van der Waals surface area contributed by atoms with E-state index in [0.29, 0.717) is 0 Å². The zero-order valence-corrected chi connectivity index (χ0v) is 31.5. The molecule has 0 spiro atoms. The number of rotatable bonds is 8. The number of para-hydroxylation sites is 1. The molecular formula is C56H39N. The molecule has 0 heterocycles. The molecule has 0 atom stereocenters. The molecule has 268 valence electrons. The third-order valence-electron chi connectivity index (χ3n) is 11.1. The molecule has 0 bridgehead atoms. The second-order valence-corrected chi connectivity index (χ2v) is 14.6. The van der Waals surface area contributed by atoms with Gasteiger partial charge < -0.3 is 4.90 Å². The van der Waals surface area contributed by atoms with Crippen molar-refractivity contribution in [2.75, 3.05) is 4.90 Å². The first kappa shape index (κ1) is 34.0. The van der Waals surface area contributed by atoms with Gasteiger partial charge in [-0.15, -0.1) is 0 Å². The Bertz CT molecular complexity index is 2980. The van der Waals surface area contributed by atoms with E-state index in [9.17, 15) is 0 Å². The molecule has 0 saturated carbocycles. The Morgan fingerprint density at radius 3 is 1.25 bits per heavy atom. The Kier molecular flexibility index (Phi) is 8.95. The Hall–Kier alpha value is -7.48. The van der Waals surface area contributed by atoms with Crippen molar-refractivity contribution in [1.82, 2.24) is 0 Å². The van der Waals surface area contributed by atoms with E-state index in [-0.39, 0.29) is 0 Å². The molecule has 0 radical (unpaired) electrons. The fraction of sp³-hybridized carbons (Fsp3) is 0. The standard InChI is InChI=1S/C56H39N/c1-3-13-40(14-4-1)43-23-25-44(26-24-43)45-31-34-52(35-32-45)57(55-22-12-11-21-53(55)46-17-5-2-6-18-46)56-39-50(49-29-27-41-15-7-9-19-47(41)37-49)33-36-54(56)51-30-28-42-16-8-10-20-48(42)38-51/h1-39H. The fourth-order valence-corrected chi connectivity index (χ4v) is 8.09. The minimum atomic E-state index is 1.08. The van der Waals surface area contributed by atoms with E-state index in [2.05, 4.69) is 241 Å². The van der Waals surface area contributed by atoms with Crippen LogP contribution in [-0.2, 0) is 0 Å². The molecule has 1 heteroatoms. The molecule has 0 N–H and O–H groups in total. The molecule has 0 aromatic heterocycles. The van der Waals surface area contributed by atoms with Crippen molar-refractivity contribution in [3.8, 4) is 55.6 Å². The number of hydrogen-bond donors (Lipinski definition) is 0. The van der Waals surface area contributed by atoms with Crippen molar-refractivity contribution >= 4 is 38.6 Å². The van der Waals surface area contributed by atoms with Crippen molar-refractivity contribution in [2.45, 2.75) is 0 Å². The van der Waals surface area contributed by atoms with Gasteiger partial charge >= 0.3 is 0 Å². The third kappa shape index (κ3) is 6.77. The Labute approximate surface area is 334 Å². The van der Waals surface area contributed by atoms with Gasteiger partial charge in [-0.05, 0) is 102 Å². The van der Waals surface area contributed by atoms with Gasteiger partial charge in [0.15, 0.2) is 0 Å². The highest BCUT2D eigenvalue weighted by Gasteiger charge is 2.22. The summed E-state index contributed by atoms with van der Waals surface area (Å²) in [6.45, 7) is 0. The predicted molar refractivity (Wildman–Crippen MR) is 243 cm³/mol. The number of benzene rings is 10. The lowest BCUT2D eigenvalue weighted by atomic mass is 9.93. The van der Waals surface area contributed by atoms with Crippen LogP contribution in [0.4, 0.5) is 17.1 Å². The van der Waals surface area contributed by atoms with Crippen molar-refractivity contribution < 1.29 is 0 Å². The van der Waals surface area contributed by atoms with Gasteiger partial charge in [0, 0.05) is 16.8 Å². The summed E-state index contributed by atoms with van der Waals surface area (Å²) >= 11 is 0. The van der Waals surface area contributed by atoms with E-state index >= 15 is 0 Å². The Morgan fingerprint density at radius 1 is 0.211 bits per heavy atom. The summed E-state index contributed by atoms with van der Waals surface area (Å²) in [5.74, 6) is 0. The SMILES string of the molecule is c1ccc(-c2ccc(-c3ccc(N(c4ccccc4-c4ccccc4)c4cc(-c5ccc6ccccc6c5)ccc4-c4ccc5ccccc5c4)cc3)cc2)cc1. The van der Waals surface area contributed by atoms with E-state index in [1.807, 2.05) is 0 Å². The first-order chi connectivity index (χ1) is 28.2. The highest BCUT2D eigenvalue weighted by atomic mass is 15.1. The van der Waals surface area contributed by atoms with Gasteiger partial charge in [0.05, 0.1) is 11.4 Å². The largest absolute Gasteiger partial charge is 0.309 e. The number of fused-ring (bicyclic) bond motifs is 2. The van der Waals surface area contributed by atoms with Crippen LogP contribution in [0.3, 0.4) is 0 Å². The van der Waals surface area contributed by atoms with E-state index in [4.69, 9.17) is 0 Å². The molecule has 0 fully saturated rings. The Balaban J connectivity index is 1.17. The average Bonchev–Trinajstić information content (AvgIpc) is 3.30. The molecule has 0 aliphatic rings. The van der Waals surface area contributed by atoms with Crippen LogP contribution in [0.25, 0.3) is 77.2 Å². The van der Waals surface area contributed by atoms with Gasteiger partial charge in [-0.3, -0.25) is 0 Å². The highest BCUT2D eigenvalue weighted by molar-refractivity contribution is 5.98. The van der Waals surface area contributed by atoms with Crippen LogP contribution in [0.5, 0.6) is 0 Å². The van der Waals surface area contributed by atoms with Gasteiger partial charge in [-0.1, -0.05) is 200 Å². The maximum Gasteiger partial charge on any atom is 0.0546 e.